The molecule has 0 aliphatic heterocycles. The largest absolute Gasteiger partial charge is 0.489 e. The number of nitrogens with zero attached hydrogens (tertiary/aromatic N) is 1. The molecule has 1 unspecified atom stereocenters. The molecule has 0 saturated heterocycles. The molecular weight excluding hydrogens is 330 g/mol. The van der Waals surface area contributed by atoms with Gasteiger partial charge in [-0.25, -0.2) is 0 Å². The fraction of sp³-hybridized carbons (Fsp3) is 0.350. The molecule has 0 bridgehead atoms. The molecular formula is C20H25N3O3. The van der Waals surface area contributed by atoms with Crippen LogP contribution in [0.1, 0.15) is 43.6 Å². The number of hydrogen-bond acceptors (Lipinski definition) is 4. The Morgan fingerprint density at radius 1 is 1.19 bits per heavy atom. The second kappa shape index (κ2) is 8.47. The van der Waals surface area contributed by atoms with Crippen LogP contribution in [0.15, 0.2) is 48.8 Å². The maximum atomic E-state index is 12.4. The minimum Gasteiger partial charge on any atom is -0.489 e. The molecule has 1 atom stereocenters. The first kappa shape index (κ1) is 19.4. The Bertz CT molecular complexity index is 754. The number of aromatic nitrogens is 1. The van der Waals surface area contributed by atoms with E-state index in [4.69, 9.17) is 4.74 Å². The van der Waals surface area contributed by atoms with Crippen LogP contribution in [0.2, 0.25) is 0 Å². The quantitative estimate of drug-likeness (QED) is 0.835. The molecule has 1 heterocycles. The molecule has 1 aromatic carbocycles. The van der Waals surface area contributed by atoms with Gasteiger partial charge in [0, 0.05) is 29.1 Å². The lowest BCUT2D eigenvalue weighted by Gasteiger charge is -2.23. The van der Waals surface area contributed by atoms with Crippen molar-refractivity contribution in [1.29, 1.82) is 0 Å². The third kappa shape index (κ3) is 6.20. The number of rotatable bonds is 6. The zero-order chi connectivity index (χ0) is 19.2. The Balaban J connectivity index is 1.95. The predicted octanol–water partition coefficient (Wildman–Crippen LogP) is 2.69. The van der Waals surface area contributed by atoms with Crippen molar-refractivity contribution >= 4 is 11.8 Å². The SMILES string of the molecule is CC(NC(=O)c1cccc(OCc2cccnc2)c1)C(=O)NC(C)(C)C. The molecule has 0 aliphatic rings. The highest BCUT2D eigenvalue weighted by atomic mass is 16.5. The fourth-order valence-corrected chi connectivity index (χ4v) is 2.20. The summed E-state index contributed by atoms with van der Waals surface area (Å²) in [4.78, 5) is 28.5. The van der Waals surface area contributed by atoms with Crippen LogP contribution in [-0.2, 0) is 11.4 Å². The van der Waals surface area contributed by atoms with Gasteiger partial charge in [-0.2, -0.15) is 0 Å². The topological polar surface area (TPSA) is 80.3 Å². The average molecular weight is 355 g/mol. The number of hydrogen-bond donors (Lipinski definition) is 2. The monoisotopic (exact) mass is 355 g/mol. The van der Waals surface area contributed by atoms with E-state index in [1.54, 1.807) is 43.6 Å². The lowest BCUT2D eigenvalue weighted by molar-refractivity contribution is -0.124. The number of amides is 2. The molecule has 0 radical (unpaired) electrons. The molecule has 138 valence electrons. The Kier molecular flexibility index (Phi) is 6.33. The second-order valence-corrected chi connectivity index (χ2v) is 7.11. The molecule has 2 rings (SSSR count). The Labute approximate surface area is 154 Å². The minimum absolute atomic E-state index is 0.227. The van der Waals surface area contributed by atoms with Gasteiger partial charge in [0.2, 0.25) is 5.91 Å². The number of nitrogens with one attached hydrogen (secondary N) is 2. The number of carbonyl (C=O) groups excluding carboxylic acids is 2. The summed E-state index contributed by atoms with van der Waals surface area (Å²) in [6, 6.07) is 9.98. The van der Waals surface area contributed by atoms with Gasteiger partial charge in [-0.1, -0.05) is 12.1 Å². The average Bonchev–Trinajstić information content (AvgIpc) is 2.59. The van der Waals surface area contributed by atoms with E-state index >= 15 is 0 Å². The van der Waals surface area contributed by atoms with Gasteiger partial charge in [0.1, 0.15) is 18.4 Å². The molecule has 0 saturated carbocycles. The molecule has 6 heteroatoms. The highest BCUT2D eigenvalue weighted by Gasteiger charge is 2.21. The normalized spacial score (nSPS) is 12.2. The molecule has 0 spiro atoms. The maximum absolute atomic E-state index is 12.4. The van der Waals surface area contributed by atoms with E-state index < -0.39 is 6.04 Å². The van der Waals surface area contributed by atoms with Crippen molar-refractivity contribution in [1.82, 2.24) is 15.6 Å². The number of carbonyl (C=O) groups is 2. The van der Waals surface area contributed by atoms with Gasteiger partial charge in [-0.15, -0.1) is 0 Å². The van der Waals surface area contributed by atoms with Crippen molar-refractivity contribution in [2.75, 3.05) is 0 Å². The van der Waals surface area contributed by atoms with E-state index in [9.17, 15) is 9.59 Å². The van der Waals surface area contributed by atoms with Crippen molar-refractivity contribution < 1.29 is 14.3 Å². The maximum Gasteiger partial charge on any atom is 0.252 e. The smallest absolute Gasteiger partial charge is 0.252 e. The van der Waals surface area contributed by atoms with Crippen LogP contribution in [0.5, 0.6) is 5.75 Å². The van der Waals surface area contributed by atoms with Crippen LogP contribution in [0.3, 0.4) is 0 Å². The van der Waals surface area contributed by atoms with Crippen LogP contribution >= 0.6 is 0 Å². The highest BCUT2D eigenvalue weighted by molar-refractivity contribution is 5.97. The summed E-state index contributed by atoms with van der Waals surface area (Å²) in [5, 5.41) is 5.54. The van der Waals surface area contributed by atoms with Crippen LogP contribution in [0, 0.1) is 0 Å². The summed E-state index contributed by atoms with van der Waals surface area (Å²) < 4.78 is 5.70. The Hall–Kier alpha value is -2.89. The van der Waals surface area contributed by atoms with Gasteiger partial charge in [0.15, 0.2) is 0 Å². The lowest BCUT2D eigenvalue weighted by atomic mass is 10.1. The Morgan fingerprint density at radius 3 is 2.62 bits per heavy atom. The Morgan fingerprint density at radius 2 is 1.96 bits per heavy atom. The molecule has 0 fully saturated rings. The third-order valence-electron chi connectivity index (χ3n) is 3.46. The summed E-state index contributed by atoms with van der Waals surface area (Å²) >= 11 is 0. The van der Waals surface area contributed by atoms with E-state index in [0.29, 0.717) is 17.9 Å². The van der Waals surface area contributed by atoms with Crippen molar-refractivity contribution in [2.24, 2.45) is 0 Å². The van der Waals surface area contributed by atoms with Crippen LogP contribution < -0.4 is 15.4 Å². The molecule has 1 aromatic heterocycles. The predicted molar refractivity (Wildman–Crippen MR) is 99.8 cm³/mol. The first-order chi connectivity index (χ1) is 12.2. The number of pyridine rings is 1. The van der Waals surface area contributed by atoms with E-state index in [1.165, 1.54) is 0 Å². The zero-order valence-electron chi connectivity index (χ0n) is 15.6. The van der Waals surface area contributed by atoms with Gasteiger partial charge in [-0.3, -0.25) is 14.6 Å². The van der Waals surface area contributed by atoms with Gasteiger partial charge in [0.05, 0.1) is 0 Å². The van der Waals surface area contributed by atoms with Gasteiger partial charge >= 0.3 is 0 Å². The molecule has 2 aromatic rings. The first-order valence-corrected chi connectivity index (χ1v) is 8.49. The minimum atomic E-state index is -0.637. The van der Waals surface area contributed by atoms with Crippen molar-refractivity contribution in [3.63, 3.8) is 0 Å². The molecule has 6 nitrogen and oxygen atoms in total. The van der Waals surface area contributed by atoms with Crippen molar-refractivity contribution in [3.05, 3.63) is 59.9 Å². The number of ether oxygens (including phenoxy) is 1. The summed E-state index contributed by atoms with van der Waals surface area (Å²) in [6.45, 7) is 7.69. The van der Waals surface area contributed by atoms with Crippen LogP contribution in [0.4, 0.5) is 0 Å². The summed E-state index contributed by atoms with van der Waals surface area (Å²) in [6.07, 6.45) is 3.43. The summed E-state index contributed by atoms with van der Waals surface area (Å²) in [7, 11) is 0. The lowest BCUT2D eigenvalue weighted by Crippen LogP contribution is -2.50. The zero-order valence-corrected chi connectivity index (χ0v) is 15.6. The van der Waals surface area contributed by atoms with E-state index in [1.807, 2.05) is 32.9 Å². The van der Waals surface area contributed by atoms with E-state index in [-0.39, 0.29) is 17.4 Å². The van der Waals surface area contributed by atoms with Crippen LogP contribution in [0.25, 0.3) is 0 Å². The standard InChI is InChI=1S/C20H25N3O3/c1-14(18(24)23-20(2,3)4)22-19(25)16-8-5-9-17(11-16)26-13-15-7-6-10-21-12-15/h5-12,14H,13H2,1-4H3,(H,22,25)(H,23,24). The highest BCUT2D eigenvalue weighted by Crippen LogP contribution is 2.15. The van der Waals surface area contributed by atoms with Crippen molar-refractivity contribution in [3.8, 4) is 5.75 Å². The van der Waals surface area contributed by atoms with Gasteiger partial charge in [-0.05, 0) is 52.0 Å². The third-order valence-corrected chi connectivity index (χ3v) is 3.46. The van der Waals surface area contributed by atoms with Gasteiger partial charge in [0.25, 0.3) is 5.91 Å². The fourth-order valence-electron chi connectivity index (χ4n) is 2.20. The molecule has 2 amide bonds. The molecule has 2 N–H and O–H groups in total. The molecule has 26 heavy (non-hydrogen) atoms. The molecule has 0 aliphatic carbocycles. The second-order valence-electron chi connectivity index (χ2n) is 7.11. The van der Waals surface area contributed by atoms with E-state index in [0.717, 1.165) is 5.56 Å². The summed E-state index contributed by atoms with van der Waals surface area (Å²) in [5.41, 5.74) is 1.02. The van der Waals surface area contributed by atoms with E-state index in [2.05, 4.69) is 15.6 Å². The number of benzene rings is 1. The summed E-state index contributed by atoms with van der Waals surface area (Å²) in [5.74, 6) is 0.0246. The van der Waals surface area contributed by atoms with Crippen LogP contribution in [-0.4, -0.2) is 28.4 Å². The first-order valence-electron chi connectivity index (χ1n) is 8.49. The van der Waals surface area contributed by atoms with Crippen molar-refractivity contribution in [2.45, 2.75) is 45.9 Å². The van der Waals surface area contributed by atoms with Gasteiger partial charge < -0.3 is 15.4 Å².